The number of hydrogen-bond acceptors (Lipinski definition) is 4. The highest BCUT2D eigenvalue weighted by Gasteiger charge is 2.30. The van der Waals surface area contributed by atoms with Gasteiger partial charge in [0.05, 0.1) is 23.9 Å². The standard InChI is InChI=1S/C18H31N5O2S.HI/c1-3-6-20-18(21-11-16-5-10-26(24,25)13-16)22-8-4-15(2)17(12-22)23-9-7-19-14-23;/h7,9,14-17H,3-6,8,10-13H2,1-2H3,(H,20,21);1H. The number of guanidine groups is 1. The van der Waals surface area contributed by atoms with Crippen molar-refractivity contribution < 1.29 is 8.42 Å². The second-order valence-electron chi connectivity index (χ2n) is 7.65. The monoisotopic (exact) mass is 509 g/mol. The summed E-state index contributed by atoms with van der Waals surface area (Å²) in [7, 11) is -2.84. The zero-order valence-corrected chi connectivity index (χ0v) is 19.4. The number of piperidine rings is 1. The Morgan fingerprint density at radius 2 is 2.19 bits per heavy atom. The van der Waals surface area contributed by atoms with E-state index in [1.54, 1.807) is 0 Å². The van der Waals surface area contributed by atoms with Gasteiger partial charge in [-0.2, -0.15) is 0 Å². The van der Waals surface area contributed by atoms with Crippen LogP contribution in [0.1, 0.15) is 39.2 Å². The Balaban J connectivity index is 0.00000261. The molecule has 0 amide bonds. The van der Waals surface area contributed by atoms with E-state index >= 15 is 0 Å². The quantitative estimate of drug-likeness (QED) is 0.374. The van der Waals surface area contributed by atoms with Crippen LogP contribution in [0, 0.1) is 11.8 Å². The first kappa shape index (κ1) is 22.4. The maximum Gasteiger partial charge on any atom is 0.194 e. The van der Waals surface area contributed by atoms with Crippen LogP contribution >= 0.6 is 24.0 Å². The molecule has 1 aromatic heterocycles. The highest BCUT2D eigenvalue weighted by Crippen LogP contribution is 2.27. The smallest absolute Gasteiger partial charge is 0.194 e. The summed E-state index contributed by atoms with van der Waals surface area (Å²) in [5, 5.41) is 3.47. The second-order valence-corrected chi connectivity index (χ2v) is 9.88. The van der Waals surface area contributed by atoms with Gasteiger partial charge in [-0.1, -0.05) is 13.8 Å². The van der Waals surface area contributed by atoms with Crippen LogP contribution in [0.5, 0.6) is 0 Å². The minimum absolute atomic E-state index is 0. The number of rotatable bonds is 5. The summed E-state index contributed by atoms with van der Waals surface area (Å²) in [4.78, 5) is 11.3. The Morgan fingerprint density at radius 1 is 1.37 bits per heavy atom. The number of nitrogens with zero attached hydrogens (tertiary/aromatic N) is 4. The summed E-state index contributed by atoms with van der Waals surface area (Å²) in [6, 6.07) is 0.381. The number of aliphatic imine (C=N–C) groups is 1. The topological polar surface area (TPSA) is 79.6 Å². The summed E-state index contributed by atoms with van der Waals surface area (Å²) < 4.78 is 25.6. The van der Waals surface area contributed by atoms with Crippen LogP contribution in [0.15, 0.2) is 23.7 Å². The van der Waals surface area contributed by atoms with Gasteiger partial charge in [-0.25, -0.2) is 13.4 Å². The molecule has 9 heteroatoms. The largest absolute Gasteiger partial charge is 0.356 e. The predicted octanol–water partition coefficient (Wildman–Crippen LogP) is 2.17. The number of halogens is 1. The van der Waals surface area contributed by atoms with Gasteiger partial charge < -0.3 is 14.8 Å². The van der Waals surface area contributed by atoms with Gasteiger partial charge in [0.25, 0.3) is 0 Å². The van der Waals surface area contributed by atoms with Crippen molar-refractivity contribution in [1.82, 2.24) is 19.8 Å². The molecule has 0 aliphatic carbocycles. The lowest BCUT2D eigenvalue weighted by Crippen LogP contribution is -2.49. The lowest BCUT2D eigenvalue weighted by molar-refractivity contribution is 0.188. The molecule has 2 fully saturated rings. The molecule has 2 saturated heterocycles. The van der Waals surface area contributed by atoms with Crippen LogP contribution in [-0.4, -0.2) is 66.5 Å². The third-order valence-electron chi connectivity index (χ3n) is 5.49. The molecule has 3 atom stereocenters. The van der Waals surface area contributed by atoms with Crippen molar-refractivity contribution in [2.75, 3.05) is 37.7 Å². The Hall–Kier alpha value is -0.840. The summed E-state index contributed by atoms with van der Waals surface area (Å²) >= 11 is 0. The number of nitrogens with one attached hydrogen (secondary N) is 1. The SMILES string of the molecule is CCCNC(=NCC1CCS(=O)(=O)C1)N1CCC(C)C(n2ccnc2)C1.I. The average Bonchev–Trinajstić information content (AvgIpc) is 3.25. The molecule has 0 spiro atoms. The third-order valence-corrected chi connectivity index (χ3v) is 7.32. The molecule has 1 N–H and O–H groups in total. The third kappa shape index (κ3) is 6.07. The van der Waals surface area contributed by atoms with E-state index in [1.165, 1.54) is 0 Å². The van der Waals surface area contributed by atoms with E-state index in [-0.39, 0.29) is 35.6 Å². The lowest BCUT2D eigenvalue weighted by Gasteiger charge is -2.39. The first-order chi connectivity index (χ1) is 12.5. The maximum absolute atomic E-state index is 11.7. The summed E-state index contributed by atoms with van der Waals surface area (Å²) in [6.07, 6.45) is 8.63. The number of aromatic nitrogens is 2. The van der Waals surface area contributed by atoms with Gasteiger partial charge >= 0.3 is 0 Å². The van der Waals surface area contributed by atoms with Crippen molar-refractivity contribution in [3.63, 3.8) is 0 Å². The van der Waals surface area contributed by atoms with E-state index in [0.717, 1.165) is 44.9 Å². The number of sulfone groups is 1. The highest BCUT2D eigenvalue weighted by molar-refractivity contribution is 14.0. The molecular formula is C18H32IN5O2S. The molecule has 3 rings (SSSR count). The summed E-state index contributed by atoms with van der Waals surface area (Å²) in [6.45, 7) is 7.78. The van der Waals surface area contributed by atoms with E-state index in [1.807, 2.05) is 18.7 Å². The maximum atomic E-state index is 11.7. The van der Waals surface area contributed by atoms with E-state index in [9.17, 15) is 8.42 Å². The fourth-order valence-corrected chi connectivity index (χ4v) is 5.68. The molecule has 0 radical (unpaired) electrons. The normalized spacial score (nSPS) is 28.0. The van der Waals surface area contributed by atoms with Crippen LogP contribution in [0.25, 0.3) is 0 Å². The molecule has 0 bridgehead atoms. The summed E-state index contributed by atoms with van der Waals surface area (Å²) in [5.41, 5.74) is 0. The lowest BCUT2D eigenvalue weighted by atomic mass is 9.93. The second kappa shape index (κ2) is 10.1. The van der Waals surface area contributed by atoms with E-state index in [0.29, 0.717) is 24.3 Å². The minimum atomic E-state index is -2.84. The number of imidazole rings is 1. The molecule has 0 aromatic carbocycles. The van der Waals surface area contributed by atoms with Crippen molar-refractivity contribution in [2.24, 2.45) is 16.8 Å². The predicted molar refractivity (Wildman–Crippen MR) is 119 cm³/mol. The zero-order valence-electron chi connectivity index (χ0n) is 16.2. The number of likely N-dealkylation sites (tertiary alicyclic amines) is 1. The molecular weight excluding hydrogens is 477 g/mol. The minimum Gasteiger partial charge on any atom is -0.356 e. The molecule has 2 aliphatic rings. The zero-order chi connectivity index (χ0) is 18.6. The van der Waals surface area contributed by atoms with Gasteiger partial charge in [-0.15, -0.1) is 24.0 Å². The number of hydrogen-bond donors (Lipinski definition) is 1. The molecule has 1 aromatic rings. The van der Waals surface area contributed by atoms with Crippen LogP contribution in [0.3, 0.4) is 0 Å². The fraction of sp³-hybridized carbons (Fsp3) is 0.778. The molecule has 27 heavy (non-hydrogen) atoms. The van der Waals surface area contributed by atoms with Crippen molar-refractivity contribution in [3.8, 4) is 0 Å². The van der Waals surface area contributed by atoms with Crippen LogP contribution < -0.4 is 5.32 Å². The van der Waals surface area contributed by atoms with Crippen LogP contribution in [-0.2, 0) is 9.84 Å². The Kier molecular flexibility index (Phi) is 8.39. The first-order valence-corrected chi connectivity index (χ1v) is 11.5. The summed E-state index contributed by atoms with van der Waals surface area (Å²) in [5.74, 6) is 2.27. The first-order valence-electron chi connectivity index (χ1n) is 9.69. The van der Waals surface area contributed by atoms with Crippen LogP contribution in [0.2, 0.25) is 0 Å². The van der Waals surface area contributed by atoms with E-state index in [4.69, 9.17) is 4.99 Å². The molecule has 3 unspecified atom stereocenters. The van der Waals surface area contributed by atoms with Gasteiger partial charge in [-0.3, -0.25) is 4.99 Å². The van der Waals surface area contributed by atoms with Gasteiger partial charge in [-0.05, 0) is 31.1 Å². The molecule has 0 saturated carbocycles. The Morgan fingerprint density at radius 3 is 2.81 bits per heavy atom. The van der Waals surface area contributed by atoms with E-state index in [2.05, 4.69) is 33.6 Å². The highest BCUT2D eigenvalue weighted by atomic mass is 127. The Bertz CT molecular complexity index is 707. The van der Waals surface area contributed by atoms with Crippen molar-refractivity contribution >= 4 is 39.8 Å². The van der Waals surface area contributed by atoms with Gasteiger partial charge in [0.15, 0.2) is 15.8 Å². The van der Waals surface area contributed by atoms with Crippen molar-refractivity contribution in [2.45, 2.75) is 39.2 Å². The fourth-order valence-electron chi connectivity index (χ4n) is 3.83. The van der Waals surface area contributed by atoms with E-state index < -0.39 is 9.84 Å². The van der Waals surface area contributed by atoms with Crippen molar-refractivity contribution in [1.29, 1.82) is 0 Å². The van der Waals surface area contributed by atoms with Gasteiger partial charge in [0, 0.05) is 38.6 Å². The van der Waals surface area contributed by atoms with Crippen LogP contribution in [0.4, 0.5) is 0 Å². The van der Waals surface area contributed by atoms with Gasteiger partial charge in [0.1, 0.15) is 0 Å². The molecule has 2 aliphatic heterocycles. The average molecular weight is 509 g/mol. The van der Waals surface area contributed by atoms with Gasteiger partial charge in [0.2, 0.25) is 0 Å². The molecule has 154 valence electrons. The molecule has 7 nitrogen and oxygen atoms in total. The molecule has 3 heterocycles. The van der Waals surface area contributed by atoms with Crippen molar-refractivity contribution in [3.05, 3.63) is 18.7 Å². The Labute approximate surface area is 180 Å².